The first-order valence-corrected chi connectivity index (χ1v) is 18.4. The third kappa shape index (κ3) is 11.0. The Kier molecular flexibility index (Phi) is 14.9. The molecule has 8 unspecified atom stereocenters. The van der Waals surface area contributed by atoms with Gasteiger partial charge in [0, 0.05) is 38.3 Å². The summed E-state index contributed by atoms with van der Waals surface area (Å²) in [5, 5.41) is 10.4. The fourth-order valence-corrected chi connectivity index (χ4v) is 7.81. The number of unbranched alkanes of at least 4 members (excludes halogenated alkanes) is 3. The van der Waals surface area contributed by atoms with Crippen LogP contribution >= 0.6 is 0 Å². The zero-order chi connectivity index (χ0) is 31.1. The Hall–Kier alpha value is -1.54. The lowest BCUT2D eigenvalue weighted by Gasteiger charge is -2.30. The van der Waals surface area contributed by atoms with Crippen LogP contribution in [0.25, 0.3) is 0 Å². The third-order valence-corrected chi connectivity index (χ3v) is 10.4. The van der Waals surface area contributed by atoms with E-state index in [-0.39, 0.29) is 37.3 Å². The summed E-state index contributed by atoms with van der Waals surface area (Å²) in [6.45, 7) is 5.52. The van der Waals surface area contributed by atoms with Crippen molar-refractivity contribution in [1.82, 2.24) is 0 Å². The van der Waals surface area contributed by atoms with Gasteiger partial charge in [-0.05, 0) is 88.0 Å². The molecule has 2 heterocycles. The Morgan fingerprint density at radius 2 is 1.71 bits per heavy atom. The van der Waals surface area contributed by atoms with Gasteiger partial charge in [0.25, 0.3) is 0 Å². The number of fused-ring (bicyclic) bond motifs is 1. The quantitative estimate of drug-likeness (QED) is 0.123. The molecule has 1 aromatic rings. The molecule has 4 aliphatic rings. The molecule has 0 bridgehead atoms. The van der Waals surface area contributed by atoms with Crippen molar-refractivity contribution >= 4 is 0 Å². The highest BCUT2D eigenvalue weighted by molar-refractivity contribution is 5.23. The Morgan fingerprint density at radius 1 is 0.933 bits per heavy atom. The van der Waals surface area contributed by atoms with Crippen LogP contribution in [0.3, 0.4) is 0 Å². The van der Waals surface area contributed by atoms with Crippen molar-refractivity contribution in [2.45, 2.75) is 135 Å². The minimum atomic E-state index is -0.0807. The van der Waals surface area contributed by atoms with Gasteiger partial charge in [-0.25, -0.2) is 0 Å². The van der Waals surface area contributed by atoms with Gasteiger partial charge in [-0.3, -0.25) is 0 Å². The molecular weight excluding hydrogens is 564 g/mol. The van der Waals surface area contributed by atoms with E-state index in [1.165, 1.54) is 43.2 Å². The van der Waals surface area contributed by atoms with Crippen LogP contribution in [0.1, 0.15) is 109 Å². The predicted octanol–water partition coefficient (Wildman–Crippen LogP) is 8.52. The molecule has 2 aliphatic carbocycles. The van der Waals surface area contributed by atoms with Gasteiger partial charge < -0.3 is 28.8 Å². The number of hydrogen-bond acceptors (Lipinski definition) is 6. The van der Waals surface area contributed by atoms with E-state index in [0.29, 0.717) is 24.4 Å². The van der Waals surface area contributed by atoms with E-state index in [0.717, 1.165) is 84.0 Å². The monoisotopic (exact) mass is 624 g/mol. The van der Waals surface area contributed by atoms with Gasteiger partial charge in [-0.15, -0.1) is 0 Å². The van der Waals surface area contributed by atoms with Crippen molar-refractivity contribution in [3.8, 4) is 0 Å². The lowest BCUT2D eigenvalue weighted by molar-refractivity contribution is -0.193. The normalized spacial score (nSPS) is 30.0. The average molecular weight is 625 g/mol. The van der Waals surface area contributed by atoms with Gasteiger partial charge in [0.05, 0.1) is 18.8 Å². The molecule has 2 aliphatic heterocycles. The highest BCUT2D eigenvalue weighted by Crippen LogP contribution is 2.50. The minimum Gasteiger partial charge on any atom is -0.396 e. The summed E-state index contributed by atoms with van der Waals surface area (Å²) in [6, 6.07) is 10.4. The standard InChI is InChI=1S/C39H60O6/c1-2-3-5-17-34(44-38-18-9-12-23-42-38)20-21-35-36-26-32(25-33(36)27-37(35)45-39-19-10-13-24-43-39)31(28-40)16-8-11-22-41-29-30-14-6-4-7-15-30/h4,6-7,14-15,20-21,25,31,33-40H,2-3,5,8-13,16-19,22-24,26-29H2,1H3. The molecule has 8 atom stereocenters. The largest absolute Gasteiger partial charge is 0.396 e. The molecule has 0 amide bonds. The van der Waals surface area contributed by atoms with Crippen molar-refractivity contribution in [3.63, 3.8) is 0 Å². The summed E-state index contributed by atoms with van der Waals surface area (Å²) in [5.41, 5.74) is 2.67. The first-order chi connectivity index (χ1) is 22.2. The third-order valence-electron chi connectivity index (χ3n) is 10.4. The van der Waals surface area contributed by atoms with Gasteiger partial charge in [0.15, 0.2) is 12.6 Å². The maximum atomic E-state index is 10.4. The number of benzene rings is 1. The Bertz CT molecular complexity index is 998. The lowest BCUT2D eigenvalue weighted by atomic mass is 9.86. The molecule has 1 saturated carbocycles. The Balaban J connectivity index is 1.18. The SMILES string of the molecule is CCCCCC(C=CC1C(OC2CCCCO2)CC2C=C(C(CO)CCCCOCc3ccccc3)CC21)OC1CCCCO1. The highest BCUT2D eigenvalue weighted by atomic mass is 16.7. The van der Waals surface area contributed by atoms with Crippen LogP contribution in [0, 0.1) is 23.7 Å². The van der Waals surface area contributed by atoms with Gasteiger partial charge in [-0.1, -0.05) is 86.7 Å². The van der Waals surface area contributed by atoms with Crippen molar-refractivity contribution in [1.29, 1.82) is 0 Å². The second kappa shape index (κ2) is 19.3. The second-order valence-corrected chi connectivity index (χ2v) is 13.8. The molecule has 0 spiro atoms. The average Bonchev–Trinajstić information content (AvgIpc) is 3.62. The van der Waals surface area contributed by atoms with Crippen LogP contribution in [0.2, 0.25) is 0 Å². The summed E-state index contributed by atoms with van der Waals surface area (Å²) >= 11 is 0. The number of allylic oxidation sites excluding steroid dienone is 1. The predicted molar refractivity (Wildman–Crippen MR) is 179 cm³/mol. The summed E-state index contributed by atoms with van der Waals surface area (Å²) < 4.78 is 31.1. The second-order valence-electron chi connectivity index (χ2n) is 13.8. The van der Waals surface area contributed by atoms with E-state index >= 15 is 0 Å². The molecule has 0 radical (unpaired) electrons. The van der Waals surface area contributed by atoms with E-state index in [4.69, 9.17) is 23.7 Å². The van der Waals surface area contributed by atoms with Gasteiger partial charge in [0.1, 0.15) is 0 Å². The zero-order valence-corrected chi connectivity index (χ0v) is 27.9. The number of ether oxygens (including phenoxy) is 5. The summed E-state index contributed by atoms with van der Waals surface area (Å²) in [6.07, 6.45) is 23.8. The molecule has 45 heavy (non-hydrogen) atoms. The van der Waals surface area contributed by atoms with E-state index in [9.17, 15) is 5.11 Å². The number of hydrogen-bond donors (Lipinski definition) is 1. The number of aliphatic hydroxyl groups is 1. The fourth-order valence-electron chi connectivity index (χ4n) is 7.81. The summed E-state index contributed by atoms with van der Waals surface area (Å²) in [7, 11) is 0. The maximum absolute atomic E-state index is 10.4. The highest BCUT2D eigenvalue weighted by Gasteiger charge is 2.46. The molecule has 6 nitrogen and oxygen atoms in total. The fraction of sp³-hybridized carbons (Fsp3) is 0.744. The van der Waals surface area contributed by atoms with Crippen molar-refractivity contribution in [2.24, 2.45) is 23.7 Å². The molecule has 1 aromatic carbocycles. The van der Waals surface area contributed by atoms with E-state index in [2.05, 4.69) is 49.4 Å². The van der Waals surface area contributed by atoms with Crippen LogP contribution in [0.4, 0.5) is 0 Å². The summed E-state index contributed by atoms with van der Waals surface area (Å²) in [5.74, 6) is 1.57. The first-order valence-electron chi connectivity index (χ1n) is 18.4. The first kappa shape index (κ1) is 34.8. The van der Waals surface area contributed by atoms with Crippen molar-refractivity contribution < 1.29 is 28.8 Å². The van der Waals surface area contributed by atoms with Crippen LogP contribution in [0.15, 0.2) is 54.1 Å². The van der Waals surface area contributed by atoms with Gasteiger partial charge >= 0.3 is 0 Å². The zero-order valence-electron chi connectivity index (χ0n) is 27.9. The number of rotatable bonds is 19. The molecule has 0 aromatic heterocycles. The van der Waals surface area contributed by atoms with Crippen LogP contribution in [-0.2, 0) is 30.3 Å². The van der Waals surface area contributed by atoms with Crippen LogP contribution in [0.5, 0.6) is 0 Å². The van der Waals surface area contributed by atoms with Crippen LogP contribution < -0.4 is 0 Å². The molecule has 5 rings (SSSR count). The smallest absolute Gasteiger partial charge is 0.158 e. The molecular formula is C39H60O6. The Morgan fingerprint density at radius 3 is 2.44 bits per heavy atom. The Labute approximate surface area is 272 Å². The van der Waals surface area contributed by atoms with Gasteiger partial charge in [0.2, 0.25) is 0 Å². The minimum absolute atomic E-state index is 0.0772. The van der Waals surface area contributed by atoms with E-state index in [1.807, 2.05) is 6.07 Å². The molecule has 6 heteroatoms. The number of aliphatic hydroxyl groups excluding tert-OH is 1. The van der Waals surface area contributed by atoms with Crippen molar-refractivity contribution in [2.75, 3.05) is 26.4 Å². The molecule has 252 valence electrons. The van der Waals surface area contributed by atoms with Crippen molar-refractivity contribution in [3.05, 3.63) is 59.7 Å². The molecule has 3 fully saturated rings. The van der Waals surface area contributed by atoms with Crippen LogP contribution in [-0.4, -0.2) is 56.3 Å². The molecule has 2 saturated heterocycles. The maximum Gasteiger partial charge on any atom is 0.158 e. The molecule has 1 N–H and O–H groups in total. The lowest BCUT2D eigenvalue weighted by Crippen LogP contribution is -2.31. The van der Waals surface area contributed by atoms with Gasteiger partial charge in [-0.2, -0.15) is 0 Å². The summed E-state index contributed by atoms with van der Waals surface area (Å²) in [4.78, 5) is 0. The van der Waals surface area contributed by atoms with E-state index in [1.54, 1.807) is 0 Å². The van der Waals surface area contributed by atoms with E-state index < -0.39 is 0 Å². The topological polar surface area (TPSA) is 66.4 Å².